The predicted molar refractivity (Wildman–Crippen MR) is 74.4 cm³/mol. The Kier molecular flexibility index (Phi) is 6.24. The Hall–Kier alpha value is -1.82. The Bertz CT molecular complexity index is 438. The van der Waals surface area contributed by atoms with E-state index in [4.69, 9.17) is 14.2 Å². The molecule has 1 heterocycles. The number of methoxy groups -OCH3 is 1. The van der Waals surface area contributed by atoms with Gasteiger partial charge in [0.1, 0.15) is 6.33 Å². The van der Waals surface area contributed by atoms with Gasteiger partial charge in [0.2, 0.25) is 0 Å². The van der Waals surface area contributed by atoms with Gasteiger partial charge in [-0.15, -0.1) is 0 Å². The molecule has 0 radical (unpaired) electrons. The molecule has 0 bridgehead atoms. The zero-order chi connectivity index (χ0) is 15.0. The van der Waals surface area contributed by atoms with Gasteiger partial charge in [-0.3, -0.25) is 0 Å². The van der Waals surface area contributed by atoms with Crippen LogP contribution in [0.2, 0.25) is 0 Å². The van der Waals surface area contributed by atoms with E-state index in [-0.39, 0.29) is 12.2 Å². The number of ether oxygens (including phenoxy) is 3. The summed E-state index contributed by atoms with van der Waals surface area (Å²) >= 11 is 0. The molecule has 20 heavy (non-hydrogen) atoms. The average molecular weight is 282 g/mol. The standard InChI is InChI=1S/C14H22N2O4/c1-12(18-4)5-9-20-14(2,3)6-10-19-13(17)16-8-7-15-11-16/h5,7-8,11H,6,9-10H2,1-4H3/b12-5+. The topological polar surface area (TPSA) is 62.6 Å². The smallest absolute Gasteiger partial charge is 0.419 e. The molecule has 0 saturated heterocycles. The van der Waals surface area contributed by atoms with Crippen LogP contribution in [0.15, 0.2) is 30.6 Å². The van der Waals surface area contributed by atoms with Gasteiger partial charge in [-0.1, -0.05) is 0 Å². The fraction of sp³-hybridized carbons (Fsp3) is 0.571. The van der Waals surface area contributed by atoms with Crippen LogP contribution in [0, 0.1) is 0 Å². The van der Waals surface area contributed by atoms with Gasteiger partial charge in [-0.05, 0) is 26.8 Å². The molecule has 6 nitrogen and oxygen atoms in total. The first-order valence-corrected chi connectivity index (χ1v) is 6.44. The average Bonchev–Trinajstić information content (AvgIpc) is 2.91. The molecule has 0 aliphatic rings. The number of imidazole rings is 1. The van der Waals surface area contributed by atoms with E-state index in [1.165, 1.54) is 17.1 Å². The van der Waals surface area contributed by atoms with Crippen molar-refractivity contribution in [2.45, 2.75) is 32.8 Å². The summed E-state index contributed by atoms with van der Waals surface area (Å²) in [5.74, 6) is 0.812. The van der Waals surface area contributed by atoms with Crippen LogP contribution in [0.4, 0.5) is 4.79 Å². The number of allylic oxidation sites excluding steroid dienone is 1. The first-order valence-electron chi connectivity index (χ1n) is 6.44. The van der Waals surface area contributed by atoms with Crippen molar-refractivity contribution in [2.75, 3.05) is 20.3 Å². The summed E-state index contributed by atoms with van der Waals surface area (Å²) < 4.78 is 17.2. The Balaban J connectivity index is 2.27. The van der Waals surface area contributed by atoms with Crippen molar-refractivity contribution in [2.24, 2.45) is 0 Å². The van der Waals surface area contributed by atoms with Gasteiger partial charge in [0, 0.05) is 18.8 Å². The maximum absolute atomic E-state index is 11.6. The van der Waals surface area contributed by atoms with E-state index in [9.17, 15) is 4.79 Å². The van der Waals surface area contributed by atoms with Crippen LogP contribution in [-0.2, 0) is 14.2 Å². The third-order valence-corrected chi connectivity index (χ3v) is 2.81. The zero-order valence-corrected chi connectivity index (χ0v) is 12.5. The summed E-state index contributed by atoms with van der Waals surface area (Å²) in [5, 5.41) is 0. The summed E-state index contributed by atoms with van der Waals surface area (Å²) in [6.07, 6.45) is 6.50. The van der Waals surface area contributed by atoms with Crippen molar-refractivity contribution in [3.8, 4) is 0 Å². The molecular formula is C14H22N2O4. The SMILES string of the molecule is CO/C(C)=C/COC(C)(C)CCOC(=O)n1ccnc1. The summed E-state index contributed by atoms with van der Waals surface area (Å²) in [7, 11) is 1.62. The molecule has 6 heteroatoms. The first-order chi connectivity index (χ1) is 9.44. The molecule has 1 rings (SSSR count). The lowest BCUT2D eigenvalue weighted by atomic mass is 10.1. The molecule has 112 valence electrons. The fourth-order valence-electron chi connectivity index (χ4n) is 1.37. The first kappa shape index (κ1) is 16.2. The van der Waals surface area contributed by atoms with Crippen molar-refractivity contribution >= 4 is 6.09 Å². The van der Waals surface area contributed by atoms with E-state index in [0.29, 0.717) is 13.0 Å². The van der Waals surface area contributed by atoms with E-state index >= 15 is 0 Å². The van der Waals surface area contributed by atoms with Crippen LogP contribution in [-0.4, -0.2) is 41.6 Å². The molecule has 1 aromatic heterocycles. The number of nitrogens with zero attached hydrogens (tertiary/aromatic N) is 2. The van der Waals surface area contributed by atoms with Gasteiger partial charge >= 0.3 is 6.09 Å². The van der Waals surface area contributed by atoms with Crippen LogP contribution in [0.25, 0.3) is 0 Å². The van der Waals surface area contributed by atoms with Crippen molar-refractivity contribution in [3.63, 3.8) is 0 Å². The molecule has 0 aliphatic carbocycles. The van der Waals surface area contributed by atoms with Crippen LogP contribution in [0.5, 0.6) is 0 Å². The van der Waals surface area contributed by atoms with Gasteiger partial charge in [0.05, 0.1) is 31.7 Å². The molecule has 0 N–H and O–H groups in total. The van der Waals surface area contributed by atoms with Crippen molar-refractivity contribution in [3.05, 3.63) is 30.6 Å². The van der Waals surface area contributed by atoms with Gasteiger partial charge in [-0.2, -0.15) is 0 Å². The highest BCUT2D eigenvalue weighted by molar-refractivity contribution is 5.69. The highest BCUT2D eigenvalue weighted by Crippen LogP contribution is 2.15. The molecule has 0 aromatic carbocycles. The van der Waals surface area contributed by atoms with E-state index < -0.39 is 6.09 Å². The number of rotatable bonds is 7. The lowest BCUT2D eigenvalue weighted by molar-refractivity contribution is -0.0203. The fourth-order valence-corrected chi connectivity index (χ4v) is 1.37. The van der Waals surface area contributed by atoms with Crippen LogP contribution >= 0.6 is 0 Å². The number of hydrogen-bond donors (Lipinski definition) is 0. The number of carbonyl (C=O) groups excluding carboxylic acids is 1. The minimum absolute atomic E-state index is 0.289. The number of carbonyl (C=O) groups is 1. The molecule has 0 atom stereocenters. The largest absolute Gasteiger partial charge is 0.502 e. The van der Waals surface area contributed by atoms with Crippen molar-refractivity contribution in [1.29, 1.82) is 0 Å². The van der Waals surface area contributed by atoms with E-state index in [1.807, 2.05) is 26.8 Å². The lowest BCUT2D eigenvalue weighted by Crippen LogP contribution is -2.27. The highest BCUT2D eigenvalue weighted by Gasteiger charge is 2.18. The molecule has 0 spiro atoms. The third kappa shape index (κ3) is 5.88. The Labute approximate surface area is 119 Å². The maximum atomic E-state index is 11.6. The molecule has 0 unspecified atom stereocenters. The lowest BCUT2D eigenvalue weighted by Gasteiger charge is -2.24. The molecule has 0 amide bonds. The Morgan fingerprint density at radius 1 is 1.45 bits per heavy atom. The molecular weight excluding hydrogens is 260 g/mol. The number of aromatic nitrogens is 2. The Morgan fingerprint density at radius 2 is 2.20 bits per heavy atom. The second kappa shape index (κ2) is 7.69. The highest BCUT2D eigenvalue weighted by atomic mass is 16.6. The summed E-state index contributed by atoms with van der Waals surface area (Å²) in [6, 6.07) is 0. The molecule has 0 aliphatic heterocycles. The minimum atomic E-state index is -0.437. The zero-order valence-electron chi connectivity index (χ0n) is 12.5. The second-order valence-corrected chi connectivity index (χ2v) is 4.92. The quantitative estimate of drug-likeness (QED) is 0.719. The Morgan fingerprint density at radius 3 is 2.80 bits per heavy atom. The molecule has 0 saturated carbocycles. The summed E-state index contributed by atoms with van der Waals surface area (Å²) in [4.78, 5) is 15.4. The van der Waals surface area contributed by atoms with E-state index in [0.717, 1.165) is 5.76 Å². The van der Waals surface area contributed by atoms with E-state index in [2.05, 4.69) is 4.98 Å². The van der Waals surface area contributed by atoms with Gasteiger partial charge in [0.15, 0.2) is 0 Å². The second-order valence-electron chi connectivity index (χ2n) is 4.92. The summed E-state index contributed by atoms with van der Waals surface area (Å²) in [6.45, 7) is 6.52. The monoisotopic (exact) mass is 282 g/mol. The van der Waals surface area contributed by atoms with Crippen LogP contribution in [0.1, 0.15) is 27.2 Å². The van der Waals surface area contributed by atoms with Gasteiger partial charge in [0.25, 0.3) is 0 Å². The van der Waals surface area contributed by atoms with Crippen LogP contribution < -0.4 is 0 Å². The molecule has 0 fully saturated rings. The van der Waals surface area contributed by atoms with E-state index in [1.54, 1.807) is 13.3 Å². The predicted octanol–water partition coefficient (Wildman–Crippen LogP) is 2.60. The third-order valence-electron chi connectivity index (χ3n) is 2.81. The maximum Gasteiger partial charge on any atom is 0.419 e. The van der Waals surface area contributed by atoms with Gasteiger partial charge < -0.3 is 14.2 Å². The minimum Gasteiger partial charge on any atom is -0.502 e. The van der Waals surface area contributed by atoms with Gasteiger partial charge in [-0.25, -0.2) is 14.3 Å². The summed E-state index contributed by atoms with van der Waals surface area (Å²) in [5.41, 5.74) is -0.375. The number of hydrogen-bond acceptors (Lipinski definition) is 5. The van der Waals surface area contributed by atoms with Crippen molar-refractivity contribution < 1.29 is 19.0 Å². The normalized spacial score (nSPS) is 12.3. The molecule has 1 aromatic rings. The van der Waals surface area contributed by atoms with Crippen LogP contribution in [0.3, 0.4) is 0 Å². The van der Waals surface area contributed by atoms with Crippen molar-refractivity contribution in [1.82, 2.24) is 9.55 Å².